The molecule has 0 bridgehead atoms. The van der Waals surface area contributed by atoms with E-state index in [0.717, 1.165) is 11.3 Å². The van der Waals surface area contributed by atoms with Crippen molar-refractivity contribution >= 4 is 44.5 Å². The van der Waals surface area contributed by atoms with Crippen molar-refractivity contribution in [3.05, 3.63) is 17.0 Å². The lowest BCUT2D eigenvalue weighted by atomic mass is 9.98. The Hall–Kier alpha value is -0.590. The number of carbonyl (C=O) groups is 1. The van der Waals surface area contributed by atoms with Crippen molar-refractivity contribution in [1.29, 1.82) is 0 Å². The molecular formula is C9H8O3S3. The minimum Gasteiger partial charge on any atom is -0.293 e. The number of hydrogen-bond donors (Lipinski definition) is 0. The number of sulfone groups is 1. The summed E-state index contributed by atoms with van der Waals surface area (Å²) in [5.74, 6) is -0.865. The molecule has 15 heavy (non-hydrogen) atoms. The normalized spacial score (nSPS) is 28.5. The van der Waals surface area contributed by atoms with Gasteiger partial charge in [0.2, 0.25) is 0 Å². The molecule has 6 heteroatoms. The predicted molar refractivity (Wildman–Crippen MR) is 62.4 cm³/mol. The van der Waals surface area contributed by atoms with E-state index in [1.165, 1.54) is 12.3 Å². The van der Waals surface area contributed by atoms with Crippen LogP contribution in [0.3, 0.4) is 0 Å². The molecule has 1 aliphatic rings. The molecule has 2 unspecified atom stereocenters. The second-order valence-electron chi connectivity index (χ2n) is 3.40. The van der Waals surface area contributed by atoms with Crippen molar-refractivity contribution in [3.63, 3.8) is 0 Å². The van der Waals surface area contributed by atoms with Gasteiger partial charge in [-0.25, -0.2) is 8.42 Å². The van der Waals surface area contributed by atoms with Crippen molar-refractivity contribution in [2.24, 2.45) is 5.92 Å². The van der Waals surface area contributed by atoms with Crippen molar-refractivity contribution < 1.29 is 13.2 Å². The van der Waals surface area contributed by atoms with Gasteiger partial charge < -0.3 is 0 Å². The van der Waals surface area contributed by atoms with Gasteiger partial charge in [0, 0.05) is 5.56 Å². The Balaban J connectivity index is 2.74. The van der Waals surface area contributed by atoms with Crippen LogP contribution in [0.15, 0.2) is 15.7 Å². The number of carbonyl (C=O) groups excluding carboxylic acids is 1. The molecule has 1 aliphatic heterocycles. The van der Waals surface area contributed by atoms with Gasteiger partial charge in [-0.15, -0.1) is 11.3 Å². The van der Waals surface area contributed by atoms with E-state index in [1.54, 1.807) is 11.4 Å². The molecule has 80 valence electrons. The summed E-state index contributed by atoms with van der Waals surface area (Å²) in [5.41, 5.74) is 0.296. The molecule has 2 heterocycles. The van der Waals surface area contributed by atoms with Crippen LogP contribution >= 0.6 is 23.6 Å². The maximum atomic E-state index is 12.0. The molecule has 0 aliphatic carbocycles. The summed E-state index contributed by atoms with van der Waals surface area (Å²) < 4.78 is 24.1. The highest BCUT2D eigenvalue weighted by Gasteiger charge is 2.43. The fraction of sp³-hybridized carbons (Fsp3) is 0.333. The third-order valence-corrected chi connectivity index (χ3v) is 6.59. The van der Waals surface area contributed by atoms with Gasteiger partial charge in [0.15, 0.2) is 15.6 Å². The second kappa shape index (κ2) is 3.47. The molecule has 1 aromatic rings. The number of thiocarbonyl (C=S) groups is 1. The third-order valence-electron chi connectivity index (χ3n) is 2.60. The zero-order valence-electron chi connectivity index (χ0n) is 7.84. The van der Waals surface area contributed by atoms with Crippen LogP contribution in [0.25, 0.3) is 0 Å². The molecule has 0 aromatic carbocycles. The van der Waals surface area contributed by atoms with Crippen LogP contribution in [0, 0.1) is 5.92 Å². The van der Waals surface area contributed by atoms with Gasteiger partial charge in [-0.1, -0.05) is 12.2 Å². The van der Waals surface area contributed by atoms with E-state index in [1.807, 2.05) is 0 Å². The fourth-order valence-corrected chi connectivity index (χ4v) is 5.27. The Morgan fingerprint density at radius 3 is 2.80 bits per heavy atom. The lowest BCUT2D eigenvalue weighted by Crippen LogP contribution is -2.38. The standard InChI is InChI=1S/C9H8O3S3/c1-5-7(4-13)8(10)6-2-3-14-9(6)15(5,11)12/h2-5,7H,1H3. The summed E-state index contributed by atoms with van der Waals surface area (Å²) in [6, 6.07) is 1.55. The molecule has 2 atom stereocenters. The highest BCUT2D eigenvalue weighted by molar-refractivity contribution is 7.94. The Morgan fingerprint density at radius 1 is 1.53 bits per heavy atom. The van der Waals surface area contributed by atoms with E-state index in [9.17, 15) is 13.2 Å². The lowest BCUT2D eigenvalue weighted by molar-refractivity contribution is 0.0950. The van der Waals surface area contributed by atoms with E-state index >= 15 is 0 Å². The Bertz CT molecular complexity index is 527. The Labute approximate surface area is 97.0 Å². The van der Waals surface area contributed by atoms with Crippen molar-refractivity contribution in [2.75, 3.05) is 0 Å². The number of hydrogen-bond acceptors (Lipinski definition) is 5. The molecule has 1 aromatic heterocycles. The SMILES string of the molecule is CC1C(C=S)C(=O)c2ccsc2S1(=O)=O. The molecule has 0 radical (unpaired) electrons. The summed E-state index contributed by atoms with van der Waals surface area (Å²) in [4.78, 5) is 11.9. The number of ketones is 1. The molecule has 0 fully saturated rings. The summed E-state index contributed by atoms with van der Waals surface area (Å²) in [6.45, 7) is 1.53. The number of Topliss-reactive ketones (excluding diaryl/α,β-unsaturated/α-hetero) is 1. The van der Waals surface area contributed by atoms with Gasteiger partial charge in [-0.05, 0) is 23.7 Å². The van der Waals surface area contributed by atoms with Gasteiger partial charge in [0.05, 0.1) is 11.2 Å². The van der Waals surface area contributed by atoms with Crippen LogP contribution in [0.1, 0.15) is 17.3 Å². The first-order chi connectivity index (χ1) is 7.00. The highest BCUT2D eigenvalue weighted by Crippen LogP contribution is 2.36. The molecule has 0 spiro atoms. The van der Waals surface area contributed by atoms with E-state index in [2.05, 4.69) is 0 Å². The predicted octanol–water partition coefficient (Wildman–Crippen LogP) is 1.72. The Morgan fingerprint density at radius 2 is 2.20 bits per heavy atom. The minimum absolute atomic E-state index is 0.177. The van der Waals surface area contributed by atoms with Crippen LogP contribution in [-0.4, -0.2) is 24.8 Å². The van der Waals surface area contributed by atoms with Gasteiger partial charge in [-0.3, -0.25) is 4.79 Å². The average Bonchev–Trinajstić information content (AvgIpc) is 2.65. The zero-order valence-corrected chi connectivity index (χ0v) is 10.3. The average molecular weight is 260 g/mol. The zero-order chi connectivity index (χ0) is 11.2. The van der Waals surface area contributed by atoms with Gasteiger partial charge >= 0.3 is 0 Å². The molecule has 3 nitrogen and oxygen atoms in total. The van der Waals surface area contributed by atoms with Crippen LogP contribution in [0.4, 0.5) is 0 Å². The van der Waals surface area contributed by atoms with Gasteiger partial charge in [0.1, 0.15) is 4.21 Å². The minimum atomic E-state index is -3.37. The Kier molecular flexibility index (Phi) is 2.52. The van der Waals surface area contributed by atoms with E-state index in [0.29, 0.717) is 5.56 Å². The number of thiophene rings is 1. The van der Waals surface area contributed by atoms with E-state index < -0.39 is 21.0 Å². The smallest absolute Gasteiger partial charge is 0.192 e. The summed E-state index contributed by atoms with van der Waals surface area (Å²) in [7, 11) is -3.37. The molecule has 0 saturated heterocycles. The second-order valence-corrected chi connectivity index (χ2v) is 7.09. The quantitative estimate of drug-likeness (QED) is 0.721. The summed E-state index contributed by atoms with van der Waals surface area (Å²) in [6.07, 6.45) is 0. The van der Waals surface area contributed by atoms with E-state index in [-0.39, 0.29) is 9.99 Å². The summed E-state index contributed by atoms with van der Waals surface area (Å²) >= 11 is 5.82. The maximum Gasteiger partial charge on any atom is 0.192 e. The topological polar surface area (TPSA) is 51.2 Å². The summed E-state index contributed by atoms with van der Waals surface area (Å²) in [5, 5.41) is 2.14. The van der Waals surface area contributed by atoms with Crippen molar-refractivity contribution in [1.82, 2.24) is 0 Å². The lowest BCUT2D eigenvalue weighted by Gasteiger charge is -2.24. The number of rotatable bonds is 1. The van der Waals surface area contributed by atoms with Crippen molar-refractivity contribution in [2.45, 2.75) is 16.4 Å². The van der Waals surface area contributed by atoms with Crippen LogP contribution in [0.5, 0.6) is 0 Å². The number of fused-ring (bicyclic) bond motifs is 1. The molecule has 0 N–H and O–H groups in total. The first kappa shape index (κ1) is 10.9. The largest absolute Gasteiger partial charge is 0.293 e. The highest BCUT2D eigenvalue weighted by atomic mass is 32.2. The van der Waals surface area contributed by atoms with Crippen LogP contribution in [0.2, 0.25) is 0 Å². The molecular weight excluding hydrogens is 252 g/mol. The molecule has 0 saturated carbocycles. The third kappa shape index (κ3) is 1.39. The van der Waals surface area contributed by atoms with Gasteiger partial charge in [0.25, 0.3) is 0 Å². The first-order valence-corrected chi connectivity index (χ1v) is 7.20. The van der Waals surface area contributed by atoms with Crippen LogP contribution < -0.4 is 0 Å². The van der Waals surface area contributed by atoms with E-state index in [4.69, 9.17) is 12.2 Å². The van der Waals surface area contributed by atoms with Gasteiger partial charge in [-0.2, -0.15) is 0 Å². The molecule has 2 rings (SSSR count). The van der Waals surface area contributed by atoms with Crippen LogP contribution in [-0.2, 0) is 9.84 Å². The maximum absolute atomic E-state index is 12.0. The first-order valence-electron chi connectivity index (χ1n) is 4.31. The monoisotopic (exact) mass is 260 g/mol. The molecule has 0 amide bonds. The van der Waals surface area contributed by atoms with Crippen molar-refractivity contribution in [3.8, 4) is 0 Å². The fourth-order valence-electron chi connectivity index (χ4n) is 1.63.